The Hall–Kier alpha value is -5.14. The molecule has 0 aromatic heterocycles. The molecule has 0 saturated carbocycles. The summed E-state index contributed by atoms with van der Waals surface area (Å²) in [7, 11) is 0. The van der Waals surface area contributed by atoms with E-state index in [0.29, 0.717) is 0 Å². The zero-order chi connectivity index (χ0) is 26.7. The third kappa shape index (κ3) is 4.74. The Morgan fingerprint density at radius 1 is 0.425 bits per heavy atom. The average molecular weight is 512 g/mol. The predicted molar refractivity (Wildman–Crippen MR) is 171 cm³/mol. The van der Waals surface area contributed by atoms with Crippen molar-refractivity contribution in [3.8, 4) is 44.5 Å². The molecule has 1 N–H and O–H groups in total. The number of hydrogen-bond acceptors (Lipinski definition) is 1. The second-order valence-corrected chi connectivity index (χ2v) is 10.2. The van der Waals surface area contributed by atoms with Gasteiger partial charge in [0.15, 0.2) is 0 Å². The third-order valence-electron chi connectivity index (χ3n) is 7.65. The van der Waals surface area contributed by atoms with Gasteiger partial charge >= 0.3 is 0 Å². The van der Waals surface area contributed by atoms with Crippen molar-refractivity contribution in [1.82, 2.24) is 5.32 Å². The maximum Gasteiger partial charge on any atom is 0.0416 e. The number of hydrogen-bond donors (Lipinski definition) is 1. The summed E-state index contributed by atoms with van der Waals surface area (Å²) >= 11 is 0. The first-order chi connectivity index (χ1) is 19.8. The molecule has 1 heterocycles. The van der Waals surface area contributed by atoms with Crippen LogP contribution in [-0.4, -0.2) is 6.54 Å². The van der Waals surface area contributed by atoms with E-state index in [2.05, 4.69) is 163 Å². The summed E-state index contributed by atoms with van der Waals surface area (Å²) in [6, 6.07) is 50.6. The highest BCUT2D eigenvalue weighted by Gasteiger charge is 2.11. The van der Waals surface area contributed by atoms with Crippen LogP contribution >= 0.6 is 0 Å². The first-order valence-electron chi connectivity index (χ1n) is 13.8. The van der Waals surface area contributed by atoms with E-state index < -0.39 is 0 Å². The standard InChI is InChI=1S/C39H29N/c1-2-11-28(12-3-1)34-25-35(27-36(26-34)38-20-10-14-29-13-4-5-19-37(29)38)32-17-8-15-30(23-32)31-16-9-18-33(24-31)39-21-6-7-22-40-39/h1-21,23-27,40H,22H2. The zero-order valence-electron chi connectivity index (χ0n) is 22.2. The van der Waals surface area contributed by atoms with E-state index in [1.807, 2.05) is 0 Å². The van der Waals surface area contributed by atoms with Crippen molar-refractivity contribution in [3.63, 3.8) is 0 Å². The van der Waals surface area contributed by atoms with Gasteiger partial charge in [-0.2, -0.15) is 0 Å². The minimum atomic E-state index is 0.863. The molecule has 6 aromatic carbocycles. The highest BCUT2D eigenvalue weighted by atomic mass is 14.9. The van der Waals surface area contributed by atoms with Gasteiger partial charge in [-0.3, -0.25) is 0 Å². The Labute approximate surface area is 235 Å². The molecule has 6 aromatic rings. The molecule has 7 rings (SSSR count). The van der Waals surface area contributed by atoms with Crippen molar-refractivity contribution in [2.45, 2.75) is 0 Å². The lowest BCUT2D eigenvalue weighted by molar-refractivity contribution is 0.996. The molecular weight excluding hydrogens is 482 g/mol. The van der Waals surface area contributed by atoms with E-state index >= 15 is 0 Å². The fourth-order valence-corrected chi connectivity index (χ4v) is 5.63. The first-order valence-corrected chi connectivity index (χ1v) is 13.8. The van der Waals surface area contributed by atoms with Crippen molar-refractivity contribution < 1.29 is 0 Å². The SMILES string of the molecule is C1=CCNC(c2cccc(-c3cccc(-c4cc(-c5ccccc5)cc(-c5cccc6ccccc56)c4)c3)c2)=C1. The minimum Gasteiger partial charge on any atom is -0.381 e. The van der Waals surface area contributed by atoms with Crippen LogP contribution in [0.2, 0.25) is 0 Å². The lowest BCUT2D eigenvalue weighted by Crippen LogP contribution is -2.14. The lowest BCUT2D eigenvalue weighted by atomic mass is 9.90. The Morgan fingerprint density at radius 2 is 0.975 bits per heavy atom. The van der Waals surface area contributed by atoms with E-state index in [9.17, 15) is 0 Å². The monoisotopic (exact) mass is 511 g/mol. The molecule has 0 bridgehead atoms. The summed E-state index contributed by atoms with van der Waals surface area (Å²) < 4.78 is 0. The van der Waals surface area contributed by atoms with Crippen LogP contribution in [0, 0.1) is 0 Å². The lowest BCUT2D eigenvalue weighted by Gasteiger charge is -2.15. The topological polar surface area (TPSA) is 12.0 Å². The highest BCUT2D eigenvalue weighted by molar-refractivity contribution is 5.98. The third-order valence-corrected chi connectivity index (χ3v) is 7.65. The quantitative estimate of drug-likeness (QED) is 0.243. The summed E-state index contributed by atoms with van der Waals surface area (Å²) in [6.07, 6.45) is 6.39. The van der Waals surface area contributed by atoms with Crippen LogP contribution < -0.4 is 5.32 Å². The molecule has 40 heavy (non-hydrogen) atoms. The minimum absolute atomic E-state index is 0.863. The number of benzene rings is 6. The molecule has 1 aliphatic heterocycles. The van der Waals surface area contributed by atoms with E-state index in [1.54, 1.807) is 0 Å². The van der Waals surface area contributed by atoms with Gasteiger partial charge in [0.2, 0.25) is 0 Å². The smallest absolute Gasteiger partial charge is 0.0416 e. The first kappa shape index (κ1) is 23.9. The summed E-state index contributed by atoms with van der Waals surface area (Å²) in [5.74, 6) is 0. The van der Waals surface area contributed by atoms with Gasteiger partial charge < -0.3 is 5.32 Å². The average Bonchev–Trinajstić information content (AvgIpc) is 3.05. The van der Waals surface area contributed by atoms with Gasteiger partial charge in [0.05, 0.1) is 0 Å². The second kappa shape index (κ2) is 10.6. The van der Waals surface area contributed by atoms with Crippen LogP contribution in [0.4, 0.5) is 0 Å². The van der Waals surface area contributed by atoms with Gasteiger partial charge in [-0.15, -0.1) is 0 Å². The molecule has 0 saturated heterocycles. The molecule has 0 spiro atoms. The summed E-state index contributed by atoms with van der Waals surface area (Å²) in [6.45, 7) is 0.863. The largest absolute Gasteiger partial charge is 0.381 e. The van der Waals surface area contributed by atoms with Crippen molar-refractivity contribution in [2.24, 2.45) is 0 Å². The number of rotatable bonds is 5. The molecule has 0 unspecified atom stereocenters. The maximum absolute atomic E-state index is 3.48. The Bertz CT molecular complexity index is 1890. The molecule has 0 radical (unpaired) electrons. The van der Waals surface area contributed by atoms with Crippen LogP contribution in [0.1, 0.15) is 5.56 Å². The molecular formula is C39H29N. The van der Waals surface area contributed by atoms with E-state index in [4.69, 9.17) is 0 Å². The fourth-order valence-electron chi connectivity index (χ4n) is 5.63. The van der Waals surface area contributed by atoms with Crippen LogP contribution in [0.15, 0.2) is 158 Å². The van der Waals surface area contributed by atoms with Crippen LogP contribution in [-0.2, 0) is 0 Å². The van der Waals surface area contributed by atoms with E-state index in [1.165, 1.54) is 60.8 Å². The van der Waals surface area contributed by atoms with Crippen LogP contribution in [0.25, 0.3) is 61.0 Å². The van der Waals surface area contributed by atoms with Crippen molar-refractivity contribution >= 4 is 16.5 Å². The number of nitrogens with one attached hydrogen (secondary N) is 1. The van der Waals surface area contributed by atoms with Gasteiger partial charge in [0.1, 0.15) is 0 Å². The molecule has 1 nitrogen and oxygen atoms in total. The summed E-state index contributed by atoms with van der Waals surface area (Å²) in [4.78, 5) is 0. The Balaban J connectivity index is 1.36. The van der Waals surface area contributed by atoms with Crippen molar-refractivity contribution in [2.75, 3.05) is 6.54 Å². The molecule has 0 fully saturated rings. The highest BCUT2D eigenvalue weighted by Crippen LogP contribution is 2.37. The van der Waals surface area contributed by atoms with Gasteiger partial charge in [-0.1, -0.05) is 121 Å². The van der Waals surface area contributed by atoms with Crippen molar-refractivity contribution in [3.05, 3.63) is 163 Å². The maximum atomic E-state index is 3.48. The second-order valence-electron chi connectivity index (χ2n) is 10.2. The van der Waals surface area contributed by atoms with Crippen LogP contribution in [0.5, 0.6) is 0 Å². The van der Waals surface area contributed by atoms with Gasteiger partial charge in [-0.05, 0) is 97.3 Å². The zero-order valence-corrected chi connectivity index (χ0v) is 22.2. The van der Waals surface area contributed by atoms with Crippen LogP contribution in [0.3, 0.4) is 0 Å². The normalized spacial score (nSPS) is 12.7. The van der Waals surface area contributed by atoms with E-state index in [-0.39, 0.29) is 0 Å². The molecule has 1 aliphatic rings. The molecule has 1 heteroatoms. The Kier molecular flexibility index (Phi) is 6.32. The van der Waals surface area contributed by atoms with Gasteiger partial charge in [0.25, 0.3) is 0 Å². The summed E-state index contributed by atoms with van der Waals surface area (Å²) in [5.41, 5.74) is 12.1. The predicted octanol–water partition coefficient (Wildman–Crippen LogP) is 10.0. The molecule has 0 aliphatic carbocycles. The van der Waals surface area contributed by atoms with E-state index in [0.717, 1.165) is 12.2 Å². The molecule has 0 amide bonds. The number of dihydropyridines is 1. The number of fused-ring (bicyclic) bond motifs is 1. The number of allylic oxidation sites excluding steroid dienone is 2. The van der Waals surface area contributed by atoms with Crippen molar-refractivity contribution in [1.29, 1.82) is 0 Å². The molecule has 0 atom stereocenters. The Morgan fingerprint density at radius 3 is 1.75 bits per heavy atom. The van der Waals surface area contributed by atoms with Gasteiger partial charge in [-0.25, -0.2) is 0 Å². The fraction of sp³-hybridized carbons (Fsp3) is 0.0256. The van der Waals surface area contributed by atoms with Gasteiger partial charge in [0, 0.05) is 12.2 Å². The molecule has 190 valence electrons. The summed E-state index contributed by atoms with van der Waals surface area (Å²) in [5, 5.41) is 6.01.